The van der Waals surface area contributed by atoms with Gasteiger partial charge in [-0.3, -0.25) is 14.8 Å². The van der Waals surface area contributed by atoms with E-state index in [0.29, 0.717) is 12.5 Å². The number of aryl methyl sites for hydroxylation is 1. The van der Waals surface area contributed by atoms with Gasteiger partial charge in [0.1, 0.15) is 0 Å². The summed E-state index contributed by atoms with van der Waals surface area (Å²) in [6.07, 6.45) is 8.19. The van der Waals surface area contributed by atoms with Crippen molar-refractivity contribution in [1.82, 2.24) is 14.9 Å². The van der Waals surface area contributed by atoms with Crippen LogP contribution in [0.25, 0.3) is 0 Å². The van der Waals surface area contributed by atoms with Crippen molar-refractivity contribution >= 4 is 5.91 Å². The number of carbonyl (C=O) groups excluding carboxylic acids is 1. The molecule has 0 bridgehead atoms. The van der Waals surface area contributed by atoms with Gasteiger partial charge in [-0.15, -0.1) is 0 Å². The summed E-state index contributed by atoms with van der Waals surface area (Å²) >= 11 is 0. The molecule has 0 saturated carbocycles. The number of carbonyl (C=O) groups is 1. The number of hydrogen-bond donors (Lipinski definition) is 1. The van der Waals surface area contributed by atoms with E-state index in [-0.39, 0.29) is 5.91 Å². The van der Waals surface area contributed by atoms with Crippen molar-refractivity contribution in [2.75, 3.05) is 13.1 Å². The first-order valence-electron chi connectivity index (χ1n) is 8.60. The summed E-state index contributed by atoms with van der Waals surface area (Å²) in [5.74, 6) is 0.555. The average Bonchev–Trinajstić information content (AvgIpc) is 2.67. The molecule has 0 spiro atoms. The monoisotopic (exact) mass is 324 g/mol. The molecule has 3 rings (SSSR count). The third-order valence-corrected chi connectivity index (χ3v) is 4.76. The molecule has 1 aliphatic rings. The van der Waals surface area contributed by atoms with Crippen molar-refractivity contribution in [1.29, 1.82) is 0 Å². The Kier molecular flexibility index (Phi) is 5.20. The van der Waals surface area contributed by atoms with Crippen LogP contribution >= 0.6 is 0 Å². The molecule has 0 aliphatic carbocycles. The van der Waals surface area contributed by atoms with Gasteiger partial charge >= 0.3 is 0 Å². The molecule has 2 N–H and O–H groups in total. The zero-order valence-electron chi connectivity index (χ0n) is 14.1. The number of hydrogen-bond acceptors (Lipinski definition) is 4. The summed E-state index contributed by atoms with van der Waals surface area (Å²) < 4.78 is 0. The summed E-state index contributed by atoms with van der Waals surface area (Å²) in [4.78, 5) is 23.3. The molecule has 126 valence electrons. The zero-order valence-corrected chi connectivity index (χ0v) is 14.1. The maximum atomic E-state index is 12.8. The fourth-order valence-electron chi connectivity index (χ4n) is 3.34. The van der Waals surface area contributed by atoms with Crippen LogP contribution in [0.15, 0.2) is 36.8 Å². The number of piperidine rings is 1. The quantitative estimate of drug-likeness (QED) is 0.938. The minimum absolute atomic E-state index is 0.104. The Balaban J connectivity index is 1.67. The molecule has 0 radical (unpaired) electrons. The molecule has 1 fully saturated rings. The number of pyridine rings is 2. The third-order valence-electron chi connectivity index (χ3n) is 4.76. The Morgan fingerprint density at radius 3 is 2.83 bits per heavy atom. The average molecular weight is 324 g/mol. The van der Waals surface area contributed by atoms with Gasteiger partial charge in [0.2, 0.25) is 0 Å². The van der Waals surface area contributed by atoms with Crippen LogP contribution < -0.4 is 5.73 Å². The first-order chi connectivity index (χ1) is 11.7. The maximum absolute atomic E-state index is 12.8. The van der Waals surface area contributed by atoms with E-state index in [1.165, 1.54) is 5.56 Å². The smallest absolute Gasteiger partial charge is 0.255 e. The standard InChI is InChI=1S/C19H24N4O/c1-2-18-17(4-3-7-22-18)19(24)23-8-5-15(6-9-23)16-10-14(11-20)12-21-13-16/h3-4,7,10,12-13,15H,2,5-6,8-9,11,20H2,1H3. The van der Waals surface area contributed by atoms with E-state index in [0.717, 1.165) is 49.2 Å². The SMILES string of the molecule is CCc1ncccc1C(=O)N1CCC(c2cncc(CN)c2)CC1. The second kappa shape index (κ2) is 7.53. The van der Waals surface area contributed by atoms with Crippen LogP contribution in [0.3, 0.4) is 0 Å². The van der Waals surface area contributed by atoms with E-state index in [9.17, 15) is 4.79 Å². The van der Waals surface area contributed by atoms with E-state index < -0.39 is 0 Å². The van der Waals surface area contributed by atoms with Gasteiger partial charge in [0.25, 0.3) is 5.91 Å². The van der Waals surface area contributed by atoms with Crippen LogP contribution in [-0.4, -0.2) is 33.9 Å². The van der Waals surface area contributed by atoms with Crippen LogP contribution in [-0.2, 0) is 13.0 Å². The van der Waals surface area contributed by atoms with Gasteiger partial charge in [-0.25, -0.2) is 0 Å². The van der Waals surface area contributed by atoms with Gasteiger partial charge in [-0.2, -0.15) is 0 Å². The zero-order chi connectivity index (χ0) is 16.9. The summed E-state index contributed by atoms with van der Waals surface area (Å²) in [5, 5.41) is 0. The van der Waals surface area contributed by atoms with Crippen LogP contribution in [0.1, 0.15) is 52.9 Å². The van der Waals surface area contributed by atoms with Gasteiger partial charge in [0.15, 0.2) is 0 Å². The molecule has 0 unspecified atom stereocenters. The first kappa shape index (κ1) is 16.6. The second-order valence-electron chi connectivity index (χ2n) is 6.25. The number of amides is 1. The van der Waals surface area contributed by atoms with Gasteiger partial charge in [-0.1, -0.05) is 13.0 Å². The van der Waals surface area contributed by atoms with E-state index in [1.54, 1.807) is 6.20 Å². The molecular weight excluding hydrogens is 300 g/mol. The summed E-state index contributed by atoms with van der Waals surface area (Å²) in [6.45, 7) is 4.09. The van der Waals surface area contributed by atoms with Crippen molar-refractivity contribution in [3.8, 4) is 0 Å². The van der Waals surface area contributed by atoms with Gasteiger partial charge < -0.3 is 10.6 Å². The molecule has 0 atom stereocenters. The Morgan fingerprint density at radius 2 is 2.12 bits per heavy atom. The number of nitrogens with zero attached hydrogens (tertiary/aromatic N) is 3. The molecule has 1 aliphatic heterocycles. The third kappa shape index (κ3) is 3.46. The summed E-state index contributed by atoms with van der Waals surface area (Å²) in [6, 6.07) is 5.86. The first-order valence-corrected chi connectivity index (χ1v) is 8.60. The lowest BCUT2D eigenvalue weighted by molar-refractivity contribution is 0.0711. The van der Waals surface area contributed by atoms with Crippen molar-refractivity contribution in [3.63, 3.8) is 0 Å². The fraction of sp³-hybridized carbons (Fsp3) is 0.421. The van der Waals surface area contributed by atoms with Crippen molar-refractivity contribution in [3.05, 3.63) is 59.2 Å². The Bertz CT molecular complexity index is 708. The highest BCUT2D eigenvalue weighted by molar-refractivity contribution is 5.95. The Hall–Kier alpha value is -2.27. The normalized spacial score (nSPS) is 15.5. The Labute approximate surface area is 142 Å². The number of aromatic nitrogens is 2. The van der Waals surface area contributed by atoms with Gasteiger partial charge in [-0.05, 0) is 48.4 Å². The maximum Gasteiger partial charge on any atom is 0.255 e. The summed E-state index contributed by atoms with van der Waals surface area (Å²) in [7, 11) is 0. The van der Waals surface area contributed by atoms with Gasteiger partial charge in [0, 0.05) is 38.2 Å². The molecule has 24 heavy (non-hydrogen) atoms. The van der Waals surface area contributed by atoms with Crippen LogP contribution in [0, 0.1) is 0 Å². The van der Waals surface area contributed by atoms with Gasteiger partial charge in [0.05, 0.1) is 11.3 Å². The van der Waals surface area contributed by atoms with E-state index >= 15 is 0 Å². The molecule has 5 nitrogen and oxygen atoms in total. The van der Waals surface area contributed by atoms with Crippen LogP contribution in [0.4, 0.5) is 0 Å². The lowest BCUT2D eigenvalue weighted by Crippen LogP contribution is -2.38. The van der Waals surface area contributed by atoms with Crippen molar-refractivity contribution < 1.29 is 4.79 Å². The molecule has 2 aromatic rings. The highest BCUT2D eigenvalue weighted by Crippen LogP contribution is 2.28. The van der Waals surface area contributed by atoms with E-state index in [4.69, 9.17) is 5.73 Å². The van der Waals surface area contributed by atoms with E-state index in [2.05, 4.69) is 16.0 Å². The minimum atomic E-state index is 0.104. The highest BCUT2D eigenvalue weighted by Gasteiger charge is 2.26. The van der Waals surface area contributed by atoms with Crippen molar-refractivity contribution in [2.45, 2.75) is 38.6 Å². The highest BCUT2D eigenvalue weighted by atomic mass is 16.2. The van der Waals surface area contributed by atoms with Crippen LogP contribution in [0.2, 0.25) is 0 Å². The predicted molar refractivity (Wildman–Crippen MR) is 93.6 cm³/mol. The predicted octanol–water partition coefficient (Wildman–Crippen LogP) is 2.52. The number of nitrogens with two attached hydrogens (primary N) is 1. The number of likely N-dealkylation sites (tertiary alicyclic amines) is 1. The molecule has 2 aromatic heterocycles. The lowest BCUT2D eigenvalue weighted by atomic mass is 9.89. The fourth-order valence-corrected chi connectivity index (χ4v) is 3.34. The van der Waals surface area contributed by atoms with E-state index in [1.807, 2.05) is 36.4 Å². The second-order valence-corrected chi connectivity index (χ2v) is 6.25. The molecule has 0 aromatic carbocycles. The molecule has 1 saturated heterocycles. The van der Waals surface area contributed by atoms with Crippen LogP contribution in [0.5, 0.6) is 0 Å². The largest absolute Gasteiger partial charge is 0.339 e. The molecule has 3 heterocycles. The molecule has 1 amide bonds. The summed E-state index contributed by atoms with van der Waals surface area (Å²) in [5.41, 5.74) is 9.62. The lowest BCUT2D eigenvalue weighted by Gasteiger charge is -2.32. The minimum Gasteiger partial charge on any atom is -0.339 e. The topological polar surface area (TPSA) is 72.1 Å². The molecule has 5 heteroatoms. The number of rotatable bonds is 4. The Morgan fingerprint density at radius 1 is 1.33 bits per heavy atom. The van der Waals surface area contributed by atoms with Crippen molar-refractivity contribution in [2.24, 2.45) is 5.73 Å². The molecular formula is C19H24N4O.